The highest BCUT2D eigenvalue weighted by Gasteiger charge is 2.23. The Balaban J connectivity index is 2.51. The highest BCUT2D eigenvalue weighted by Crippen LogP contribution is 2.37. The van der Waals surface area contributed by atoms with Crippen LogP contribution in [0.25, 0.3) is 9.88 Å². The minimum Gasteiger partial charge on any atom is -0.385 e. The van der Waals surface area contributed by atoms with E-state index in [-0.39, 0.29) is 0 Å². The fourth-order valence-electron chi connectivity index (χ4n) is 1.65. The van der Waals surface area contributed by atoms with Crippen molar-refractivity contribution in [2.75, 3.05) is 0 Å². The molecule has 2 rings (SSSR count). The maximum Gasteiger partial charge on any atom is 0.134 e. The monoisotopic (exact) mass is 253 g/mol. The van der Waals surface area contributed by atoms with Crippen molar-refractivity contribution in [3.05, 3.63) is 27.6 Å². The quantitative estimate of drug-likeness (QED) is 0.885. The van der Waals surface area contributed by atoms with Gasteiger partial charge in [-0.3, -0.25) is 0 Å². The van der Waals surface area contributed by atoms with E-state index in [1.807, 2.05) is 6.92 Å². The lowest BCUT2D eigenvalue weighted by atomic mass is 10.1. The van der Waals surface area contributed by atoms with Crippen molar-refractivity contribution in [1.82, 2.24) is 4.98 Å². The number of thiophene rings is 1. The van der Waals surface area contributed by atoms with Gasteiger partial charge in [0, 0.05) is 0 Å². The lowest BCUT2D eigenvalue weighted by Gasteiger charge is -2.14. The predicted octanol–water partition coefficient (Wildman–Crippen LogP) is 3.72. The number of hydrogen-bond donors (Lipinski definition) is 1. The number of aryl methyl sites for hydroxylation is 2. The summed E-state index contributed by atoms with van der Waals surface area (Å²) in [7, 11) is 0. The molecule has 1 N–H and O–H groups in total. The summed E-state index contributed by atoms with van der Waals surface area (Å²) in [5.74, 6) is 0. The van der Waals surface area contributed by atoms with Gasteiger partial charge in [0.15, 0.2) is 0 Å². The second kappa shape index (κ2) is 3.95. The van der Waals surface area contributed by atoms with Crippen LogP contribution >= 0.6 is 22.7 Å². The first-order valence-corrected chi connectivity index (χ1v) is 6.84. The Morgan fingerprint density at radius 1 is 1.31 bits per heavy atom. The molecule has 0 bridgehead atoms. The Morgan fingerprint density at radius 2 is 2.00 bits per heavy atom. The molecule has 0 atom stereocenters. The molecule has 4 heteroatoms. The molecule has 16 heavy (non-hydrogen) atoms. The molecule has 0 saturated carbocycles. The molecule has 2 heterocycles. The number of nitrogens with zero attached hydrogens (tertiary/aromatic N) is 1. The number of rotatable bonds is 2. The van der Waals surface area contributed by atoms with Crippen LogP contribution in [0.2, 0.25) is 0 Å². The van der Waals surface area contributed by atoms with Crippen molar-refractivity contribution in [2.45, 2.75) is 33.3 Å². The first-order valence-electron chi connectivity index (χ1n) is 5.14. The van der Waals surface area contributed by atoms with Crippen LogP contribution in [0.15, 0.2) is 11.4 Å². The van der Waals surface area contributed by atoms with E-state index < -0.39 is 5.60 Å². The van der Waals surface area contributed by atoms with Gasteiger partial charge in [-0.25, -0.2) is 4.98 Å². The van der Waals surface area contributed by atoms with Gasteiger partial charge in [-0.05, 0) is 44.7 Å². The second-order valence-corrected chi connectivity index (χ2v) is 6.34. The van der Waals surface area contributed by atoms with E-state index in [0.717, 1.165) is 15.6 Å². The van der Waals surface area contributed by atoms with Crippen LogP contribution in [0.1, 0.15) is 30.0 Å². The minimum absolute atomic E-state index is 0.800. The highest BCUT2D eigenvalue weighted by atomic mass is 32.1. The molecule has 0 saturated heterocycles. The number of aromatic nitrogens is 1. The fraction of sp³-hybridized carbons (Fsp3) is 0.417. The molecule has 0 aromatic carbocycles. The molecule has 0 aliphatic heterocycles. The van der Waals surface area contributed by atoms with Gasteiger partial charge < -0.3 is 5.11 Å². The standard InChI is InChI=1S/C12H15NOS2/c1-7-5-6-15-9(7)11-13-8(2)10(16-11)12(3,4)14/h5-6,14H,1-4H3. The molecule has 0 aliphatic carbocycles. The van der Waals surface area contributed by atoms with Crippen molar-refractivity contribution in [3.63, 3.8) is 0 Å². The van der Waals surface area contributed by atoms with Crippen LogP contribution in [0.3, 0.4) is 0 Å². The van der Waals surface area contributed by atoms with Gasteiger partial charge in [-0.2, -0.15) is 0 Å². The minimum atomic E-state index is -0.800. The van der Waals surface area contributed by atoms with Crippen molar-refractivity contribution < 1.29 is 5.11 Å². The zero-order valence-corrected chi connectivity index (χ0v) is 11.5. The molecule has 0 amide bonds. The van der Waals surface area contributed by atoms with Gasteiger partial charge in [0.05, 0.1) is 21.0 Å². The summed E-state index contributed by atoms with van der Waals surface area (Å²) in [6.45, 7) is 7.65. The van der Waals surface area contributed by atoms with Crippen LogP contribution in [0, 0.1) is 13.8 Å². The first kappa shape index (κ1) is 11.8. The average Bonchev–Trinajstić information content (AvgIpc) is 2.70. The summed E-state index contributed by atoms with van der Waals surface area (Å²) >= 11 is 3.29. The van der Waals surface area contributed by atoms with Crippen molar-refractivity contribution in [3.8, 4) is 9.88 Å². The van der Waals surface area contributed by atoms with Crippen LogP contribution < -0.4 is 0 Å². The third-order valence-corrected chi connectivity index (χ3v) is 5.05. The molecule has 0 radical (unpaired) electrons. The molecule has 2 aromatic heterocycles. The number of thiazole rings is 1. The maximum absolute atomic E-state index is 10.0. The summed E-state index contributed by atoms with van der Waals surface area (Å²) in [6, 6.07) is 2.10. The summed E-state index contributed by atoms with van der Waals surface area (Å²) in [4.78, 5) is 6.71. The van der Waals surface area contributed by atoms with Gasteiger partial charge in [0.1, 0.15) is 5.01 Å². The maximum atomic E-state index is 10.0. The van der Waals surface area contributed by atoms with Gasteiger partial charge in [0.2, 0.25) is 0 Å². The van der Waals surface area contributed by atoms with E-state index >= 15 is 0 Å². The normalized spacial score (nSPS) is 12.1. The molecule has 0 unspecified atom stereocenters. The van der Waals surface area contributed by atoms with E-state index in [1.54, 1.807) is 36.5 Å². The summed E-state index contributed by atoms with van der Waals surface area (Å²) < 4.78 is 0. The van der Waals surface area contributed by atoms with Crippen LogP contribution in [-0.2, 0) is 5.60 Å². The molecule has 2 nitrogen and oxygen atoms in total. The molecular weight excluding hydrogens is 238 g/mol. The summed E-state index contributed by atoms with van der Waals surface area (Å²) in [5.41, 5.74) is 1.38. The Hall–Kier alpha value is -0.710. The van der Waals surface area contributed by atoms with E-state index in [2.05, 4.69) is 23.4 Å². The van der Waals surface area contributed by atoms with Crippen molar-refractivity contribution in [1.29, 1.82) is 0 Å². The predicted molar refractivity (Wildman–Crippen MR) is 70.1 cm³/mol. The lowest BCUT2D eigenvalue weighted by Crippen LogP contribution is -2.14. The molecular formula is C12H15NOS2. The Kier molecular flexibility index (Phi) is 2.90. The molecule has 0 spiro atoms. The SMILES string of the molecule is Cc1ccsc1-c1nc(C)c(C(C)(C)O)s1. The smallest absolute Gasteiger partial charge is 0.134 e. The fourth-order valence-corrected chi connectivity index (χ4v) is 3.80. The first-order chi connectivity index (χ1) is 7.39. The average molecular weight is 253 g/mol. The van der Waals surface area contributed by atoms with Gasteiger partial charge in [-0.1, -0.05) is 0 Å². The topological polar surface area (TPSA) is 33.1 Å². The Morgan fingerprint density at radius 3 is 2.44 bits per heavy atom. The van der Waals surface area contributed by atoms with Gasteiger partial charge in [-0.15, -0.1) is 22.7 Å². The zero-order chi connectivity index (χ0) is 11.9. The third-order valence-electron chi connectivity index (χ3n) is 2.41. The van der Waals surface area contributed by atoms with E-state index in [9.17, 15) is 5.11 Å². The summed E-state index contributed by atoms with van der Waals surface area (Å²) in [5, 5.41) is 13.1. The molecule has 2 aromatic rings. The molecule has 86 valence electrons. The van der Waals surface area contributed by atoms with Gasteiger partial charge >= 0.3 is 0 Å². The Bertz CT molecular complexity index is 505. The Labute approximate surface area is 104 Å². The van der Waals surface area contributed by atoms with Crippen LogP contribution in [0.4, 0.5) is 0 Å². The molecule has 0 fully saturated rings. The van der Waals surface area contributed by atoms with Crippen molar-refractivity contribution in [2.24, 2.45) is 0 Å². The third kappa shape index (κ3) is 2.05. The van der Waals surface area contributed by atoms with Crippen LogP contribution in [-0.4, -0.2) is 10.1 Å². The number of aliphatic hydroxyl groups is 1. The van der Waals surface area contributed by atoms with E-state index in [1.165, 1.54) is 10.4 Å². The number of hydrogen-bond acceptors (Lipinski definition) is 4. The lowest BCUT2D eigenvalue weighted by molar-refractivity contribution is 0.0817. The van der Waals surface area contributed by atoms with E-state index in [0.29, 0.717) is 0 Å². The van der Waals surface area contributed by atoms with E-state index in [4.69, 9.17) is 0 Å². The largest absolute Gasteiger partial charge is 0.385 e. The van der Waals surface area contributed by atoms with Crippen molar-refractivity contribution >= 4 is 22.7 Å². The summed E-state index contributed by atoms with van der Waals surface area (Å²) in [6.07, 6.45) is 0. The second-order valence-electron chi connectivity index (χ2n) is 4.43. The van der Waals surface area contributed by atoms with Crippen LogP contribution in [0.5, 0.6) is 0 Å². The zero-order valence-electron chi connectivity index (χ0n) is 9.87. The highest BCUT2D eigenvalue weighted by molar-refractivity contribution is 7.21. The molecule has 0 aliphatic rings. The van der Waals surface area contributed by atoms with Gasteiger partial charge in [0.25, 0.3) is 0 Å².